The first-order valence-corrected chi connectivity index (χ1v) is 8.38. The van der Waals surface area contributed by atoms with Crippen molar-refractivity contribution in [2.24, 2.45) is 0 Å². The standard InChI is InChI=1S/C19H25N3O2/c1-13-11-18(19(23)21-10-9-20-12-14(21)2)15(3)22(13)16-5-7-17(24-4)8-6-16/h5-8,11,14,20H,9-10,12H2,1-4H3. The van der Waals surface area contributed by atoms with Crippen molar-refractivity contribution in [2.75, 3.05) is 26.7 Å². The van der Waals surface area contributed by atoms with Crippen molar-refractivity contribution in [3.05, 3.63) is 47.3 Å². The number of piperazine rings is 1. The smallest absolute Gasteiger partial charge is 0.256 e. The van der Waals surface area contributed by atoms with Gasteiger partial charge in [-0.05, 0) is 51.1 Å². The molecule has 3 rings (SSSR count). The van der Waals surface area contributed by atoms with Crippen LogP contribution in [-0.4, -0.2) is 48.2 Å². The Morgan fingerprint density at radius 2 is 1.96 bits per heavy atom. The minimum absolute atomic E-state index is 0.122. The Balaban J connectivity index is 1.95. The molecule has 0 aliphatic carbocycles. The third kappa shape index (κ3) is 2.91. The summed E-state index contributed by atoms with van der Waals surface area (Å²) in [6, 6.07) is 10.1. The molecule has 5 heteroatoms. The van der Waals surface area contributed by atoms with E-state index in [4.69, 9.17) is 4.74 Å². The van der Waals surface area contributed by atoms with Crippen LogP contribution in [-0.2, 0) is 0 Å². The van der Waals surface area contributed by atoms with E-state index >= 15 is 0 Å². The molecule has 1 aliphatic heterocycles. The normalized spacial score (nSPS) is 17.8. The molecule has 24 heavy (non-hydrogen) atoms. The van der Waals surface area contributed by atoms with E-state index in [2.05, 4.69) is 16.8 Å². The van der Waals surface area contributed by atoms with Crippen LogP contribution in [0.5, 0.6) is 5.75 Å². The quantitative estimate of drug-likeness (QED) is 0.942. The van der Waals surface area contributed by atoms with E-state index in [9.17, 15) is 4.79 Å². The summed E-state index contributed by atoms with van der Waals surface area (Å²) < 4.78 is 7.35. The second kappa shape index (κ2) is 6.69. The van der Waals surface area contributed by atoms with Crippen LogP contribution >= 0.6 is 0 Å². The van der Waals surface area contributed by atoms with E-state index in [-0.39, 0.29) is 11.9 Å². The molecule has 0 saturated carbocycles. The number of amides is 1. The highest BCUT2D eigenvalue weighted by molar-refractivity contribution is 5.96. The SMILES string of the molecule is COc1ccc(-n2c(C)cc(C(=O)N3CCNCC3C)c2C)cc1. The molecule has 1 amide bonds. The minimum atomic E-state index is 0.122. The molecule has 1 saturated heterocycles. The molecule has 0 radical (unpaired) electrons. The van der Waals surface area contributed by atoms with E-state index in [1.807, 2.05) is 49.1 Å². The average Bonchev–Trinajstić information content (AvgIpc) is 2.89. The molecule has 1 aliphatic rings. The predicted octanol–water partition coefficient (Wildman–Crippen LogP) is 2.54. The molecule has 1 fully saturated rings. The first-order valence-electron chi connectivity index (χ1n) is 8.38. The van der Waals surface area contributed by atoms with Crippen LogP contribution in [0.15, 0.2) is 30.3 Å². The van der Waals surface area contributed by atoms with Gasteiger partial charge in [0, 0.05) is 42.8 Å². The van der Waals surface area contributed by atoms with Gasteiger partial charge in [-0.2, -0.15) is 0 Å². The van der Waals surface area contributed by atoms with E-state index in [0.29, 0.717) is 0 Å². The number of hydrogen-bond acceptors (Lipinski definition) is 3. The lowest BCUT2D eigenvalue weighted by Gasteiger charge is -2.34. The van der Waals surface area contributed by atoms with Gasteiger partial charge in [0.15, 0.2) is 0 Å². The van der Waals surface area contributed by atoms with Gasteiger partial charge in [0.05, 0.1) is 12.7 Å². The first kappa shape index (κ1) is 16.6. The lowest BCUT2D eigenvalue weighted by atomic mass is 10.1. The van der Waals surface area contributed by atoms with Crippen LogP contribution < -0.4 is 10.1 Å². The monoisotopic (exact) mass is 327 g/mol. The fourth-order valence-corrected chi connectivity index (χ4v) is 3.41. The van der Waals surface area contributed by atoms with Crippen molar-refractivity contribution < 1.29 is 9.53 Å². The summed E-state index contributed by atoms with van der Waals surface area (Å²) in [5.41, 5.74) is 3.87. The molecule has 5 nitrogen and oxygen atoms in total. The van der Waals surface area contributed by atoms with Gasteiger partial charge in [-0.25, -0.2) is 0 Å². The molecule has 1 atom stereocenters. The van der Waals surface area contributed by atoms with E-state index < -0.39 is 0 Å². The number of methoxy groups -OCH3 is 1. The van der Waals surface area contributed by atoms with Crippen molar-refractivity contribution in [3.8, 4) is 11.4 Å². The maximum Gasteiger partial charge on any atom is 0.256 e. The van der Waals surface area contributed by atoms with Crippen LogP contribution in [0.2, 0.25) is 0 Å². The van der Waals surface area contributed by atoms with Gasteiger partial charge in [-0.1, -0.05) is 0 Å². The zero-order valence-electron chi connectivity index (χ0n) is 14.8. The summed E-state index contributed by atoms with van der Waals surface area (Å²) >= 11 is 0. The fourth-order valence-electron chi connectivity index (χ4n) is 3.41. The molecule has 128 valence electrons. The third-order valence-corrected chi connectivity index (χ3v) is 4.75. The number of benzene rings is 1. The molecule has 2 heterocycles. The zero-order valence-corrected chi connectivity index (χ0v) is 14.8. The van der Waals surface area contributed by atoms with Crippen LogP contribution in [0, 0.1) is 13.8 Å². The maximum absolute atomic E-state index is 13.0. The van der Waals surface area contributed by atoms with Gasteiger partial charge in [-0.15, -0.1) is 0 Å². The summed E-state index contributed by atoms with van der Waals surface area (Å²) in [7, 11) is 1.66. The van der Waals surface area contributed by atoms with E-state index in [1.54, 1.807) is 7.11 Å². The highest BCUT2D eigenvalue weighted by Crippen LogP contribution is 2.24. The average molecular weight is 327 g/mol. The fraction of sp³-hybridized carbons (Fsp3) is 0.421. The van der Waals surface area contributed by atoms with Gasteiger partial charge >= 0.3 is 0 Å². The number of carbonyl (C=O) groups excluding carboxylic acids is 1. The highest BCUT2D eigenvalue weighted by Gasteiger charge is 2.27. The van der Waals surface area contributed by atoms with Gasteiger partial charge in [0.25, 0.3) is 5.91 Å². The van der Waals surface area contributed by atoms with Crippen LogP contribution in [0.3, 0.4) is 0 Å². The predicted molar refractivity (Wildman–Crippen MR) is 95.2 cm³/mol. The summed E-state index contributed by atoms with van der Waals surface area (Å²) in [5.74, 6) is 0.948. The van der Waals surface area contributed by atoms with Crippen molar-refractivity contribution >= 4 is 5.91 Å². The minimum Gasteiger partial charge on any atom is -0.497 e. The number of nitrogens with zero attached hydrogens (tertiary/aromatic N) is 2. The van der Waals surface area contributed by atoms with Gasteiger partial charge in [0.2, 0.25) is 0 Å². The number of aryl methyl sites for hydroxylation is 1. The number of nitrogens with one attached hydrogen (secondary N) is 1. The van der Waals surface area contributed by atoms with Gasteiger partial charge in [0.1, 0.15) is 5.75 Å². The van der Waals surface area contributed by atoms with Crippen LogP contribution in [0.1, 0.15) is 28.7 Å². The van der Waals surface area contributed by atoms with Gasteiger partial charge < -0.3 is 19.5 Å². The van der Waals surface area contributed by atoms with Crippen molar-refractivity contribution in [1.82, 2.24) is 14.8 Å². The zero-order chi connectivity index (χ0) is 17.3. The number of hydrogen-bond donors (Lipinski definition) is 1. The van der Waals surface area contributed by atoms with Crippen molar-refractivity contribution in [2.45, 2.75) is 26.8 Å². The third-order valence-electron chi connectivity index (χ3n) is 4.75. The molecule has 1 aromatic carbocycles. The molecule has 0 bridgehead atoms. The molecule has 0 spiro atoms. The highest BCUT2D eigenvalue weighted by atomic mass is 16.5. The second-order valence-corrected chi connectivity index (χ2v) is 6.37. The molecule has 2 aromatic rings. The van der Waals surface area contributed by atoms with Crippen molar-refractivity contribution in [1.29, 1.82) is 0 Å². The van der Waals surface area contributed by atoms with E-state index in [1.165, 1.54) is 0 Å². The lowest BCUT2D eigenvalue weighted by Crippen LogP contribution is -2.52. The topological polar surface area (TPSA) is 46.5 Å². The number of rotatable bonds is 3. The Kier molecular flexibility index (Phi) is 4.62. The Hall–Kier alpha value is -2.27. The number of ether oxygens (including phenoxy) is 1. The number of aromatic nitrogens is 1. The Bertz CT molecular complexity index is 734. The van der Waals surface area contributed by atoms with Crippen LogP contribution in [0.4, 0.5) is 0 Å². The summed E-state index contributed by atoms with van der Waals surface area (Å²) in [6.45, 7) is 8.60. The Labute approximate surface area is 143 Å². The maximum atomic E-state index is 13.0. The first-order chi connectivity index (χ1) is 11.5. The molecule has 1 N–H and O–H groups in total. The Morgan fingerprint density at radius 1 is 1.25 bits per heavy atom. The molecular formula is C19H25N3O2. The summed E-state index contributed by atoms with van der Waals surface area (Å²) in [4.78, 5) is 15.0. The van der Waals surface area contributed by atoms with Gasteiger partial charge in [-0.3, -0.25) is 4.79 Å². The second-order valence-electron chi connectivity index (χ2n) is 6.37. The Morgan fingerprint density at radius 3 is 2.58 bits per heavy atom. The largest absolute Gasteiger partial charge is 0.497 e. The van der Waals surface area contributed by atoms with Crippen LogP contribution in [0.25, 0.3) is 5.69 Å². The van der Waals surface area contributed by atoms with E-state index in [0.717, 1.165) is 48.0 Å². The van der Waals surface area contributed by atoms with Crippen molar-refractivity contribution in [3.63, 3.8) is 0 Å². The molecule has 1 aromatic heterocycles. The molecular weight excluding hydrogens is 302 g/mol. The summed E-state index contributed by atoms with van der Waals surface area (Å²) in [6.07, 6.45) is 0. The molecule has 1 unspecified atom stereocenters. The number of carbonyl (C=O) groups is 1. The summed E-state index contributed by atoms with van der Waals surface area (Å²) in [5, 5.41) is 3.33. The lowest BCUT2D eigenvalue weighted by molar-refractivity contribution is 0.0655.